The van der Waals surface area contributed by atoms with Gasteiger partial charge in [-0.05, 0) is 24.4 Å². The number of hydrogen-bond donors (Lipinski definition) is 4. The molecule has 0 spiro atoms. The summed E-state index contributed by atoms with van der Waals surface area (Å²) in [4.78, 5) is 10.5. The van der Waals surface area contributed by atoms with Gasteiger partial charge in [-0.15, -0.1) is 0 Å². The average Bonchev–Trinajstić information content (AvgIpc) is 2.36. The molecular weight excluding hydrogens is 256 g/mol. The number of urea groups is 1. The zero-order chi connectivity index (χ0) is 13.5. The molecule has 0 unspecified atom stereocenters. The molecule has 18 heavy (non-hydrogen) atoms. The molecule has 1 rings (SSSR count). The Labute approximate surface area is 110 Å². The van der Waals surface area contributed by atoms with Crippen LogP contribution in [-0.2, 0) is 0 Å². The number of nitrogens with two attached hydrogens (primary N) is 1. The van der Waals surface area contributed by atoms with Crippen molar-refractivity contribution in [2.75, 3.05) is 19.5 Å². The summed E-state index contributed by atoms with van der Waals surface area (Å²) in [6.07, 6.45) is 0. The quantitative estimate of drug-likeness (QED) is 0.473. The van der Waals surface area contributed by atoms with Crippen molar-refractivity contribution in [2.24, 2.45) is 5.73 Å². The summed E-state index contributed by atoms with van der Waals surface area (Å²) < 4.78 is 10.2. The lowest BCUT2D eigenvalue weighted by molar-refractivity contribution is 0.247. The van der Waals surface area contributed by atoms with Gasteiger partial charge in [0.25, 0.3) is 0 Å². The highest BCUT2D eigenvalue weighted by Crippen LogP contribution is 2.28. The van der Waals surface area contributed by atoms with E-state index in [0.717, 1.165) is 0 Å². The number of methoxy groups -OCH3 is 2. The molecule has 98 valence electrons. The molecule has 0 aliphatic carbocycles. The molecule has 0 fully saturated rings. The Kier molecular flexibility index (Phi) is 5.00. The van der Waals surface area contributed by atoms with Crippen molar-refractivity contribution in [3.05, 3.63) is 18.2 Å². The average molecular weight is 270 g/mol. The molecule has 2 amide bonds. The van der Waals surface area contributed by atoms with Crippen molar-refractivity contribution in [1.29, 1.82) is 0 Å². The maximum atomic E-state index is 10.5. The zero-order valence-electron chi connectivity index (χ0n) is 9.94. The Morgan fingerprint density at radius 1 is 1.28 bits per heavy atom. The van der Waals surface area contributed by atoms with E-state index in [-0.39, 0.29) is 5.11 Å². The third kappa shape index (κ3) is 3.98. The van der Waals surface area contributed by atoms with E-state index < -0.39 is 6.03 Å². The number of nitrogens with one attached hydrogen (secondary N) is 3. The van der Waals surface area contributed by atoms with Gasteiger partial charge in [0, 0.05) is 6.07 Å². The summed E-state index contributed by atoms with van der Waals surface area (Å²) in [5, 5.41) is 3.02. The Balaban J connectivity index is 2.71. The summed E-state index contributed by atoms with van der Waals surface area (Å²) in [5.41, 5.74) is 10.1. The minimum atomic E-state index is -0.735. The van der Waals surface area contributed by atoms with E-state index in [0.29, 0.717) is 17.2 Å². The summed E-state index contributed by atoms with van der Waals surface area (Å²) in [7, 11) is 3.09. The zero-order valence-corrected chi connectivity index (χ0v) is 10.8. The van der Waals surface area contributed by atoms with Gasteiger partial charge in [0.2, 0.25) is 0 Å². The molecule has 0 heterocycles. The van der Waals surface area contributed by atoms with Crippen LogP contribution in [0.3, 0.4) is 0 Å². The predicted molar refractivity (Wildman–Crippen MR) is 71.6 cm³/mol. The maximum absolute atomic E-state index is 10.5. The third-order valence-electron chi connectivity index (χ3n) is 1.96. The van der Waals surface area contributed by atoms with Crippen molar-refractivity contribution in [3.8, 4) is 11.5 Å². The van der Waals surface area contributed by atoms with Crippen LogP contribution in [0.4, 0.5) is 10.5 Å². The molecule has 0 saturated carbocycles. The third-order valence-corrected chi connectivity index (χ3v) is 2.16. The van der Waals surface area contributed by atoms with Crippen LogP contribution < -0.4 is 31.4 Å². The second-order valence-corrected chi connectivity index (χ2v) is 3.54. The fourth-order valence-electron chi connectivity index (χ4n) is 1.17. The second kappa shape index (κ2) is 6.50. The molecule has 1 aromatic carbocycles. The molecule has 0 radical (unpaired) electrons. The molecule has 1 aromatic rings. The first kappa shape index (κ1) is 13.8. The van der Waals surface area contributed by atoms with Gasteiger partial charge in [-0.3, -0.25) is 5.43 Å². The lowest BCUT2D eigenvalue weighted by Gasteiger charge is -2.14. The van der Waals surface area contributed by atoms with Crippen molar-refractivity contribution in [3.63, 3.8) is 0 Å². The highest BCUT2D eigenvalue weighted by molar-refractivity contribution is 7.80. The van der Waals surface area contributed by atoms with E-state index in [1.165, 1.54) is 7.11 Å². The van der Waals surface area contributed by atoms with Crippen LogP contribution in [0.25, 0.3) is 0 Å². The lowest BCUT2D eigenvalue weighted by atomic mass is 10.2. The minimum Gasteiger partial charge on any atom is -0.497 e. The number of carbonyl (C=O) groups is 1. The molecule has 0 aromatic heterocycles. The molecule has 0 bridgehead atoms. The monoisotopic (exact) mass is 270 g/mol. The second-order valence-electron chi connectivity index (χ2n) is 3.13. The molecule has 0 aliphatic heterocycles. The van der Waals surface area contributed by atoms with E-state index in [2.05, 4.69) is 16.2 Å². The molecule has 0 atom stereocenters. The van der Waals surface area contributed by atoms with E-state index in [1.54, 1.807) is 25.3 Å². The maximum Gasteiger partial charge on any atom is 0.330 e. The summed E-state index contributed by atoms with van der Waals surface area (Å²) in [6, 6.07) is 4.44. The number of thiocarbonyl (C=S) groups is 1. The molecular formula is C10H14N4O3S. The largest absolute Gasteiger partial charge is 0.497 e. The van der Waals surface area contributed by atoms with Crippen molar-refractivity contribution in [2.45, 2.75) is 0 Å². The van der Waals surface area contributed by atoms with E-state index in [1.807, 2.05) is 0 Å². The highest BCUT2D eigenvalue weighted by atomic mass is 32.1. The van der Waals surface area contributed by atoms with E-state index in [4.69, 9.17) is 27.4 Å². The van der Waals surface area contributed by atoms with Gasteiger partial charge in [0.05, 0.1) is 19.9 Å². The van der Waals surface area contributed by atoms with Crippen LogP contribution in [0.1, 0.15) is 0 Å². The highest BCUT2D eigenvalue weighted by Gasteiger charge is 2.06. The molecule has 5 N–H and O–H groups in total. The Morgan fingerprint density at radius 3 is 2.56 bits per heavy atom. The first-order chi connectivity index (χ1) is 8.56. The number of carbonyl (C=O) groups excluding carboxylic acids is 1. The number of benzene rings is 1. The number of ether oxygens (including phenoxy) is 2. The lowest BCUT2D eigenvalue weighted by Crippen LogP contribution is -2.46. The van der Waals surface area contributed by atoms with Crippen LogP contribution in [0, 0.1) is 0 Å². The van der Waals surface area contributed by atoms with Gasteiger partial charge in [-0.1, -0.05) is 0 Å². The van der Waals surface area contributed by atoms with Crippen LogP contribution in [0.2, 0.25) is 0 Å². The van der Waals surface area contributed by atoms with Crippen LogP contribution in [0.5, 0.6) is 11.5 Å². The van der Waals surface area contributed by atoms with Crippen LogP contribution in [0.15, 0.2) is 18.2 Å². The molecule has 8 heteroatoms. The van der Waals surface area contributed by atoms with Crippen LogP contribution >= 0.6 is 12.2 Å². The van der Waals surface area contributed by atoms with Gasteiger partial charge in [0.15, 0.2) is 5.11 Å². The van der Waals surface area contributed by atoms with Crippen molar-refractivity contribution in [1.82, 2.24) is 10.9 Å². The van der Waals surface area contributed by atoms with Gasteiger partial charge >= 0.3 is 6.03 Å². The number of hydrogen-bond acceptors (Lipinski definition) is 4. The van der Waals surface area contributed by atoms with Crippen LogP contribution in [-0.4, -0.2) is 25.4 Å². The first-order valence-corrected chi connectivity index (χ1v) is 5.32. The first-order valence-electron chi connectivity index (χ1n) is 4.91. The number of hydrazine groups is 1. The SMILES string of the molecule is COc1ccc(NC(=S)NNC(N)=O)c(OC)c1. The van der Waals surface area contributed by atoms with Crippen molar-refractivity contribution >= 4 is 29.0 Å². The number of anilines is 1. The fraction of sp³-hybridized carbons (Fsp3) is 0.200. The summed E-state index contributed by atoms with van der Waals surface area (Å²) in [5.74, 6) is 1.21. The molecule has 0 aliphatic rings. The smallest absolute Gasteiger partial charge is 0.330 e. The Morgan fingerprint density at radius 2 is 2.00 bits per heavy atom. The fourth-order valence-corrected chi connectivity index (χ4v) is 1.33. The topological polar surface area (TPSA) is 97.6 Å². The van der Waals surface area contributed by atoms with E-state index >= 15 is 0 Å². The predicted octanol–water partition coefficient (Wildman–Crippen LogP) is 0.574. The minimum absolute atomic E-state index is 0.178. The summed E-state index contributed by atoms with van der Waals surface area (Å²) >= 11 is 4.94. The summed E-state index contributed by atoms with van der Waals surface area (Å²) in [6.45, 7) is 0. The standard InChI is InChI=1S/C10H14N4O3S/c1-16-6-3-4-7(8(5-6)17-2)12-10(18)14-13-9(11)15/h3-5H,1-2H3,(H3,11,13,15)(H2,12,14,18). The van der Waals surface area contributed by atoms with Gasteiger partial charge in [-0.2, -0.15) is 0 Å². The molecule has 7 nitrogen and oxygen atoms in total. The number of rotatable bonds is 3. The van der Waals surface area contributed by atoms with Crippen molar-refractivity contribution < 1.29 is 14.3 Å². The molecule has 0 saturated heterocycles. The number of amides is 2. The normalized spacial score (nSPS) is 9.22. The van der Waals surface area contributed by atoms with E-state index in [9.17, 15) is 4.79 Å². The van der Waals surface area contributed by atoms with Gasteiger partial charge < -0.3 is 20.5 Å². The Hall–Kier alpha value is -2.22. The van der Waals surface area contributed by atoms with Gasteiger partial charge in [0.1, 0.15) is 11.5 Å². The Bertz CT molecular complexity index is 453. The number of primary amides is 1. The van der Waals surface area contributed by atoms with Gasteiger partial charge in [-0.25, -0.2) is 10.2 Å².